The second-order valence-electron chi connectivity index (χ2n) is 5.99. The Bertz CT molecular complexity index is 815. The van der Waals surface area contributed by atoms with Gasteiger partial charge in [0.15, 0.2) is 0 Å². The standard InChI is InChI=1S/C22H21BrO2/c1-2-22(24,20-10-6-7-11-21(20)23)18-12-14-19(15-13-18)25-16-17-8-4-3-5-9-17/h3-15,24H,2,16H2,1H3. The lowest BCUT2D eigenvalue weighted by Crippen LogP contribution is -2.26. The van der Waals surface area contributed by atoms with Crippen LogP contribution in [0.4, 0.5) is 0 Å². The number of aliphatic hydroxyl groups is 1. The number of benzene rings is 3. The van der Waals surface area contributed by atoms with Crippen molar-refractivity contribution >= 4 is 15.9 Å². The van der Waals surface area contributed by atoms with Gasteiger partial charge >= 0.3 is 0 Å². The lowest BCUT2D eigenvalue weighted by Gasteiger charge is -2.29. The summed E-state index contributed by atoms with van der Waals surface area (Å²) >= 11 is 3.55. The Morgan fingerprint density at radius 1 is 0.880 bits per heavy atom. The molecule has 0 aromatic heterocycles. The summed E-state index contributed by atoms with van der Waals surface area (Å²) in [5.41, 5.74) is 1.83. The molecule has 0 amide bonds. The summed E-state index contributed by atoms with van der Waals surface area (Å²) in [5.74, 6) is 0.790. The highest BCUT2D eigenvalue weighted by atomic mass is 79.9. The zero-order chi connectivity index (χ0) is 17.7. The molecule has 0 saturated carbocycles. The zero-order valence-corrected chi connectivity index (χ0v) is 15.7. The van der Waals surface area contributed by atoms with Crippen LogP contribution in [0, 0.1) is 0 Å². The van der Waals surface area contributed by atoms with Crippen LogP contribution in [0.3, 0.4) is 0 Å². The molecule has 1 atom stereocenters. The number of ether oxygens (including phenoxy) is 1. The summed E-state index contributed by atoms with van der Waals surface area (Å²) in [6, 6.07) is 25.6. The maximum atomic E-state index is 11.3. The van der Waals surface area contributed by atoms with Crippen molar-refractivity contribution in [3.63, 3.8) is 0 Å². The Morgan fingerprint density at radius 3 is 2.16 bits per heavy atom. The predicted molar refractivity (Wildman–Crippen MR) is 105 cm³/mol. The molecule has 0 aliphatic rings. The minimum atomic E-state index is -1.03. The molecule has 3 rings (SSSR count). The van der Waals surface area contributed by atoms with Crippen LogP contribution in [-0.4, -0.2) is 5.11 Å². The fraction of sp³-hybridized carbons (Fsp3) is 0.182. The molecule has 0 spiro atoms. The summed E-state index contributed by atoms with van der Waals surface area (Å²) in [5, 5.41) is 11.3. The Labute approximate surface area is 157 Å². The van der Waals surface area contributed by atoms with E-state index in [0.717, 1.165) is 26.9 Å². The Hall–Kier alpha value is -2.10. The highest BCUT2D eigenvalue weighted by Crippen LogP contribution is 2.37. The summed E-state index contributed by atoms with van der Waals surface area (Å²) in [7, 11) is 0. The molecule has 3 heteroatoms. The first-order valence-electron chi connectivity index (χ1n) is 8.38. The van der Waals surface area contributed by atoms with E-state index in [2.05, 4.69) is 15.9 Å². The van der Waals surface area contributed by atoms with Gasteiger partial charge in [0.1, 0.15) is 18.0 Å². The molecule has 3 aromatic carbocycles. The second kappa shape index (κ2) is 7.85. The third kappa shape index (κ3) is 3.94. The molecule has 1 N–H and O–H groups in total. The van der Waals surface area contributed by atoms with E-state index < -0.39 is 5.60 Å². The van der Waals surface area contributed by atoms with Gasteiger partial charge in [-0.15, -0.1) is 0 Å². The third-order valence-electron chi connectivity index (χ3n) is 4.41. The molecule has 2 nitrogen and oxygen atoms in total. The maximum absolute atomic E-state index is 11.3. The first-order chi connectivity index (χ1) is 12.1. The van der Waals surface area contributed by atoms with Crippen molar-refractivity contribution in [2.75, 3.05) is 0 Å². The van der Waals surface area contributed by atoms with E-state index >= 15 is 0 Å². The summed E-state index contributed by atoms with van der Waals surface area (Å²) in [6.45, 7) is 2.52. The predicted octanol–water partition coefficient (Wildman–Crippen LogP) is 5.67. The average molecular weight is 397 g/mol. The van der Waals surface area contributed by atoms with E-state index in [1.165, 1.54) is 0 Å². The minimum Gasteiger partial charge on any atom is -0.489 e. The normalized spacial score (nSPS) is 13.2. The summed E-state index contributed by atoms with van der Waals surface area (Å²) in [4.78, 5) is 0. The van der Waals surface area contributed by atoms with Gasteiger partial charge < -0.3 is 9.84 Å². The van der Waals surface area contributed by atoms with Gasteiger partial charge in [-0.2, -0.15) is 0 Å². The highest BCUT2D eigenvalue weighted by molar-refractivity contribution is 9.10. The van der Waals surface area contributed by atoms with Crippen LogP contribution in [0.1, 0.15) is 30.0 Å². The molecule has 1 unspecified atom stereocenters. The molecule has 0 radical (unpaired) electrons. The molecule has 0 heterocycles. The van der Waals surface area contributed by atoms with Crippen molar-refractivity contribution in [2.24, 2.45) is 0 Å². The van der Waals surface area contributed by atoms with E-state index in [1.807, 2.05) is 85.8 Å². The minimum absolute atomic E-state index is 0.530. The smallest absolute Gasteiger partial charge is 0.119 e. The average Bonchev–Trinajstić information content (AvgIpc) is 2.67. The number of rotatable bonds is 6. The first kappa shape index (κ1) is 17.7. The number of hydrogen-bond acceptors (Lipinski definition) is 2. The van der Waals surface area contributed by atoms with Gasteiger partial charge in [0.05, 0.1) is 0 Å². The van der Waals surface area contributed by atoms with Crippen LogP contribution in [0.2, 0.25) is 0 Å². The van der Waals surface area contributed by atoms with Crippen molar-refractivity contribution in [3.05, 3.63) is 100 Å². The molecule has 0 aliphatic heterocycles. The molecule has 0 bridgehead atoms. The Balaban J connectivity index is 1.79. The zero-order valence-electron chi connectivity index (χ0n) is 14.2. The van der Waals surface area contributed by atoms with Crippen molar-refractivity contribution in [2.45, 2.75) is 25.6 Å². The van der Waals surface area contributed by atoms with E-state index in [1.54, 1.807) is 0 Å². The molecule has 0 saturated heterocycles. The fourth-order valence-electron chi connectivity index (χ4n) is 2.91. The molecular formula is C22H21BrO2. The van der Waals surface area contributed by atoms with Gasteiger partial charge in [0.2, 0.25) is 0 Å². The van der Waals surface area contributed by atoms with E-state index in [-0.39, 0.29) is 0 Å². The monoisotopic (exact) mass is 396 g/mol. The third-order valence-corrected chi connectivity index (χ3v) is 5.10. The van der Waals surface area contributed by atoms with E-state index in [9.17, 15) is 5.11 Å². The van der Waals surface area contributed by atoms with Crippen LogP contribution in [0.15, 0.2) is 83.3 Å². The quantitative estimate of drug-likeness (QED) is 0.581. The van der Waals surface area contributed by atoms with Crippen molar-refractivity contribution in [3.8, 4) is 5.75 Å². The van der Waals surface area contributed by atoms with Crippen LogP contribution in [0.5, 0.6) is 5.75 Å². The molecule has 0 aliphatic carbocycles. The molecule has 128 valence electrons. The maximum Gasteiger partial charge on any atom is 0.119 e. The first-order valence-corrected chi connectivity index (χ1v) is 9.17. The topological polar surface area (TPSA) is 29.5 Å². The second-order valence-corrected chi connectivity index (χ2v) is 6.85. The van der Waals surface area contributed by atoms with E-state index in [4.69, 9.17) is 4.74 Å². The molecule has 3 aromatic rings. The number of hydrogen-bond donors (Lipinski definition) is 1. The van der Waals surface area contributed by atoms with Gasteiger partial charge in [-0.05, 0) is 35.7 Å². The van der Waals surface area contributed by atoms with Gasteiger partial charge in [0, 0.05) is 10.0 Å². The molecular weight excluding hydrogens is 376 g/mol. The SMILES string of the molecule is CCC(O)(c1ccc(OCc2ccccc2)cc1)c1ccccc1Br. The van der Waals surface area contributed by atoms with Crippen LogP contribution < -0.4 is 4.74 Å². The number of halogens is 1. The largest absolute Gasteiger partial charge is 0.489 e. The fourth-order valence-corrected chi connectivity index (χ4v) is 3.53. The Morgan fingerprint density at radius 2 is 1.52 bits per heavy atom. The van der Waals surface area contributed by atoms with Gasteiger partial charge in [0.25, 0.3) is 0 Å². The van der Waals surface area contributed by atoms with Crippen molar-refractivity contribution in [1.82, 2.24) is 0 Å². The van der Waals surface area contributed by atoms with Crippen LogP contribution in [0.25, 0.3) is 0 Å². The molecule has 0 fully saturated rings. The van der Waals surface area contributed by atoms with Gasteiger partial charge in [-0.25, -0.2) is 0 Å². The van der Waals surface area contributed by atoms with Gasteiger partial charge in [-0.1, -0.05) is 83.5 Å². The lowest BCUT2D eigenvalue weighted by molar-refractivity contribution is 0.0757. The molecule has 25 heavy (non-hydrogen) atoms. The van der Waals surface area contributed by atoms with Gasteiger partial charge in [-0.3, -0.25) is 0 Å². The van der Waals surface area contributed by atoms with E-state index in [0.29, 0.717) is 13.0 Å². The van der Waals surface area contributed by atoms with Crippen molar-refractivity contribution < 1.29 is 9.84 Å². The summed E-state index contributed by atoms with van der Waals surface area (Å²) in [6.07, 6.45) is 0.583. The Kier molecular flexibility index (Phi) is 5.57. The lowest BCUT2D eigenvalue weighted by atomic mass is 9.84. The highest BCUT2D eigenvalue weighted by Gasteiger charge is 2.31. The van der Waals surface area contributed by atoms with Crippen LogP contribution in [-0.2, 0) is 12.2 Å². The van der Waals surface area contributed by atoms with Crippen LogP contribution >= 0.6 is 15.9 Å². The van der Waals surface area contributed by atoms with Crippen molar-refractivity contribution in [1.29, 1.82) is 0 Å². The summed E-state index contributed by atoms with van der Waals surface area (Å²) < 4.78 is 6.74.